The SMILES string of the molecule is [2H]C([2H])([2H])c1ccc2c(c1)c1cc(C([2H])([2H])[2H])ccc1n2-c1nc(-n2c3ccc(C)cc3c3cc(C([2H])([2H])[2H])ccc32)c([N+]#[C-])c(-c2ccccc2)c1C#N. The Bertz CT molecular complexity index is 2900. The first-order valence-electron chi connectivity index (χ1n) is 19.1. The second-order valence-corrected chi connectivity index (χ2v) is 11.3. The number of hydrogen-bond acceptors (Lipinski definition) is 2. The average Bonchev–Trinajstić information content (AvgIpc) is 3.64. The van der Waals surface area contributed by atoms with Crippen molar-refractivity contribution < 1.29 is 12.3 Å². The van der Waals surface area contributed by atoms with E-state index >= 15 is 0 Å². The standard InChI is InChI=1S/C41H29N5/c1-24-11-15-34-29(19-24)30-20-25(2)12-16-35(30)45(34)40-33(23-42)38(28-9-7-6-8-10-28)39(43-5)41(44-40)46-36-17-13-26(3)21-31(36)32-22-27(4)14-18-37(32)46/h6-22H,1-4H3/i1D3,2D3,3D3. The number of fused-ring (bicyclic) bond motifs is 6. The van der Waals surface area contributed by atoms with Crippen LogP contribution < -0.4 is 0 Å². The van der Waals surface area contributed by atoms with Crippen molar-refractivity contribution in [3.8, 4) is 28.8 Å². The van der Waals surface area contributed by atoms with Crippen LogP contribution >= 0.6 is 0 Å². The van der Waals surface area contributed by atoms with Gasteiger partial charge in [-0.25, -0.2) is 9.83 Å². The van der Waals surface area contributed by atoms with Crippen LogP contribution in [0.5, 0.6) is 0 Å². The molecule has 218 valence electrons. The number of aryl methyl sites for hydroxylation is 4. The van der Waals surface area contributed by atoms with E-state index in [0.717, 1.165) is 10.9 Å². The highest BCUT2D eigenvalue weighted by Crippen LogP contribution is 2.44. The van der Waals surface area contributed by atoms with Crippen LogP contribution in [0, 0.1) is 45.4 Å². The highest BCUT2D eigenvalue weighted by molar-refractivity contribution is 6.12. The minimum absolute atomic E-state index is 0.0535. The van der Waals surface area contributed by atoms with E-state index in [1.807, 2.05) is 35.8 Å². The molecule has 8 aromatic rings. The number of hydrogen-bond donors (Lipinski definition) is 0. The molecular weight excluding hydrogens is 562 g/mol. The molecular formula is C41H29N5. The Labute approximate surface area is 279 Å². The molecule has 3 heterocycles. The van der Waals surface area contributed by atoms with Crippen LogP contribution in [0.2, 0.25) is 0 Å². The zero-order valence-corrected chi connectivity index (χ0v) is 24.6. The van der Waals surface area contributed by atoms with Gasteiger partial charge in [0.2, 0.25) is 5.69 Å². The average molecular weight is 601 g/mol. The van der Waals surface area contributed by atoms with E-state index in [0.29, 0.717) is 49.4 Å². The third-order valence-corrected chi connectivity index (χ3v) is 8.53. The Balaban J connectivity index is 1.58. The van der Waals surface area contributed by atoms with Crippen LogP contribution in [0.25, 0.3) is 71.2 Å². The number of aromatic nitrogens is 3. The van der Waals surface area contributed by atoms with Crippen molar-refractivity contribution in [3.05, 3.63) is 142 Å². The minimum Gasteiger partial charge on any atom is -0.302 e. The molecule has 0 atom stereocenters. The Morgan fingerprint density at radius 3 is 1.57 bits per heavy atom. The zero-order valence-electron chi connectivity index (χ0n) is 33.6. The molecule has 0 unspecified atom stereocenters. The van der Waals surface area contributed by atoms with Crippen molar-refractivity contribution in [2.75, 3.05) is 0 Å². The summed E-state index contributed by atoms with van der Waals surface area (Å²) in [5, 5.41) is 13.3. The molecule has 8 rings (SSSR count). The van der Waals surface area contributed by atoms with Gasteiger partial charge in [-0.15, -0.1) is 0 Å². The highest BCUT2D eigenvalue weighted by Gasteiger charge is 2.27. The number of pyridine rings is 1. The zero-order chi connectivity index (χ0) is 39.2. The van der Waals surface area contributed by atoms with Crippen LogP contribution in [-0.2, 0) is 0 Å². The molecule has 5 aromatic carbocycles. The van der Waals surface area contributed by atoms with Crippen LogP contribution in [0.15, 0.2) is 103 Å². The molecule has 0 aliphatic rings. The van der Waals surface area contributed by atoms with Gasteiger partial charge in [-0.05, 0) is 81.6 Å². The van der Waals surface area contributed by atoms with Gasteiger partial charge in [-0.3, -0.25) is 4.57 Å². The third kappa shape index (κ3) is 3.96. The fraction of sp³-hybridized carbons (Fsp3) is 0.0976. The molecule has 0 aliphatic carbocycles. The van der Waals surface area contributed by atoms with E-state index in [1.54, 1.807) is 53.1 Å². The van der Waals surface area contributed by atoms with Crippen molar-refractivity contribution in [3.63, 3.8) is 0 Å². The van der Waals surface area contributed by atoms with E-state index in [1.165, 1.54) is 30.3 Å². The molecule has 0 radical (unpaired) electrons. The van der Waals surface area contributed by atoms with Crippen LogP contribution in [-0.4, -0.2) is 14.1 Å². The van der Waals surface area contributed by atoms with Gasteiger partial charge in [0.15, 0.2) is 5.82 Å². The number of nitrogens with zero attached hydrogens (tertiary/aromatic N) is 5. The maximum atomic E-state index is 11.0. The predicted octanol–water partition coefficient (Wildman–Crippen LogP) is 10.6. The summed E-state index contributed by atoms with van der Waals surface area (Å²) in [7, 11) is 0. The first kappa shape index (κ1) is 19.3. The second kappa shape index (κ2) is 10.2. The Kier molecular flexibility index (Phi) is 4.27. The second-order valence-electron chi connectivity index (χ2n) is 11.3. The summed E-state index contributed by atoms with van der Waals surface area (Å²) < 4.78 is 76.6. The monoisotopic (exact) mass is 600 g/mol. The van der Waals surface area contributed by atoms with Crippen molar-refractivity contribution >= 4 is 49.3 Å². The van der Waals surface area contributed by atoms with Crippen molar-refractivity contribution in [1.82, 2.24) is 14.1 Å². The topological polar surface area (TPSA) is 50.9 Å². The molecule has 0 spiro atoms. The van der Waals surface area contributed by atoms with E-state index < -0.39 is 20.6 Å². The van der Waals surface area contributed by atoms with Gasteiger partial charge >= 0.3 is 0 Å². The highest BCUT2D eigenvalue weighted by atomic mass is 15.2. The maximum absolute atomic E-state index is 11.0. The molecule has 0 fully saturated rings. The molecule has 0 saturated heterocycles. The quantitative estimate of drug-likeness (QED) is 0.189. The van der Waals surface area contributed by atoms with Gasteiger partial charge in [0.25, 0.3) is 0 Å². The van der Waals surface area contributed by atoms with E-state index in [-0.39, 0.29) is 39.6 Å². The summed E-state index contributed by atoms with van der Waals surface area (Å²) in [6.07, 6.45) is 0. The molecule has 5 heteroatoms. The summed E-state index contributed by atoms with van der Waals surface area (Å²) >= 11 is 0. The Hall–Kier alpha value is -6.17. The van der Waals surface area contributed by atoms with Gasteiger partial charge in [0, 0.05) is 39.4 Å². The number of nitriles is 1. The van der Waals surface area contributed by atoms with Crippen molar-refractivity contribution in [2.24, 2.45) is 0 Å². The summed E-state index contributed by atoms with van der Waals surface area (Å²) in [6, 6.07) is 31.2. The first-order valence-corrected chi connectivity index (χ1v) is 14.6. The lowest BCUT2D eigenvalue weighted by atomic mass is 9.98. The Morgan fingerprint density at radius 2 is 1.11 bits per heavy atom. The van der Waals surface area contributed by atoms with Crippen molar-refractivity contribution in [2.45, 2.75) is 27.5 Å². The lowest BCUT2D eigenvalue weighted by molar-refractivity contribution is 1.01. The summed E-state index contributed by atoms with van der Waals surface area (Å²) in [5.74, 6) is 0.315. The summed E-state index contributed by atoms with van der Waals surface area (Å²) in [6.45, 7) is 3.21. The number of benzene rings is 5. The molecule has 5 nitrogen and oxygen atoms in total. The van der Waals surface area contributed by atoms with E-state index in [4.69, 9.17) is 23.9 Å². The van der Waals surface area contributed by atoms with Gasteiger partial charge in [0.05, 0.1) is 34.2 Å². The van der Waals surface area contributed by atoms with Gasteiger partial charge in [-0.2, -0.15) is 5.26 Å². The largest absolute Gasteiger partial charge is 0.302 e. The molecule has 0 bridgehead atoms. The fourth-order valence-corrected chi connectivity index (χ4v) is 6.58. The molecule has 3 aromatic heterocycles. The molecule has 0 N–H and O–H groups in total. The normalized spacial score (nSPS) is 15.2. The minimum atomic E-state index is -2.46. The van der Waals surface area contributed by atoms with Crippen molar-refractivity contribution in [1.29, 1.82) is 5.26 Å². The fourth-order valence-electron chi connectivity index (χ4n) is 6.58. The Morgan fingerprint density at radius 1 is 0.652 bits per heavy atom. The third-order valence-electron chi connectivity index (χ3n) is 8.53. The summed E-state index contributed by atoms with van der Waals surface area (Å²) in [4.78, 5) is 9.19. The smallest absolute Gasteiger partial charge is 0.238 e. The number of rotatable bonds is 3. The van der Waals surface area contributed by atoms with Gasteiger partial charge < -0.3 is 4.57 Å². The first-order chi connectivity index (χ1) is 26.0. The maximum Gasteiger partial charge on any atom is 0.238 e. The predicted molar refractivity (Wildman–Crippen MR) is 188 cm³/mol. The molecule has 46 heavy (non-hydrogen) atoms. The lowest BCUT2D eigenvalue weighted by Crippen LogP contribution is -2.08. The lowest BCUT2D eigenvalue weighted by Gasteiger charge is -2.19. The van der Waals surface area contributed by atoms with Crippen LogP contribution in [0.1, 0.15) is 40.2 Å². The van der Waals surface area contributed by atoms with E-state index in [2.05, 4.69) is 10.9 Å². The van der Waals surface area contributed by atoms with Gasteiger partial charge in [0.1, 0.15) is 11.9 Å². The molecule has 0 amide bonds. The van der Waals surface area contributed by atoms with Gasteiger partial charge in [-0.1, -0.05) is 76.9 Å². The van der Waals surface area contributed by atoms with Crippen LogP contribution in [0.3, 0.4) is 0 Å². The molecule has 0 saturated carbocycles. The molecule has 0 aliphatic heterocycles. The van der Waals surface area contributed by atoms with Crippen LogP contribution in [0.4, 0.5) is 5.69 Å². The van der Waals surface area contributed by atoms with E-state index in [9.17, 15) is 5.26 Å². The summed E-state index contributed by atoms with van der Waals surface area (Å²) in [5.41, 5.74) is 4.42.